The van der Waals surface area contributed by atoms with E-state index in [0.29, 0.717) is 5.88 Å². The predicted octanol–water partition coefficient (Wildman–Crippen LogP) is 2.98. The molecular weight excluding hydrogens is 214 g/mol. The molecule has 17 heavy (non-hydrogen) atoms. The van der Waals surface area contributed by atoms with Crippen LogP contribution in [0, 0.1) is 13.8 Å². The summed E-state index contributed by atoms with van der Waals surface area (Å²) >= 11 is 0. The molecule has 0 aliphatic carbocycles. The molecule has 0 spiro atoms. The van der Waals surface area contributed by atoms with Crippen molar-refractivity contribution in [1.29, 1.82) is 0 Å². The van der Waals surface area contributed by atoms with E-state index in [-0.39, 0.29) is 6.61 Å². The van der Waals surface area contributed by atoms with Gasteiger partial charge in [0.25, 0.3) is 0 Å². The first kappa shape index (κ1) is 11.6. The fourth-order valence-electron chi connectivity index (χ4n) is 1.57. The highest BCUT2D eigenvalue weighted by atomic mass is 16.5. The minimum absolute atomic E-state index is 0.00345. The van der Waals surface area contributed by atoms with Crippen molar-refractivity contribution in [3.8, 4) is 11.6 Å². The van der Waals surface area contributed by atoms with Gasteiger partial charge in [-0.25, -0.2) is 4.98 Å². The maximum Gasteiger partial charge on any atom is 0.219 e. The van der Waals surface area contributed by atoms with E-state index in [0.717, 1.165) is 22.6 Å². The van der Waals surface area contributed by atoms with E-state index in [9.17, 15) is 0 Å². The van der Waals surface area contributed by atoms with Gasteiger partial charge in [0.15, 0.2) is 0 Å². The molecule has 0 amide bonds. The number of aliphatic hydroxyl groups excluding tert-OH is 1. The zero-order valence-corrected chi connectivity index (χ0v) is 9.97. The SMILES string of the molecule is Cc1ccccc1Oc1ccc(CO)c(C)n1. The Morgan fingerprint density at radius 3 is 2.53 bits per heavy atom. The summed E-state index contributed by atoms with van der Waals surface area (Å²) in [7, 11) is 0. The van der Waals surface area contributed by atoms with Gasteiger partial charge < -0.3 is 9.84 Å². The maximum absolute atomic E-state index is 9.06. The highest BCUT2D eigenvalue weighted by molar-refractivity contribution is 5.35. The van der Waals surface area contributed by atoms with Crippen molar-refractivity contribution in [2.45, 2.75) is 20.5 Å². The first-order valence-corrected chi connectivity index (χ1v) is 5.51. The van der Waals surface area contributed by atoms with Crippen molar-refractivity contribution in [2.24, 2.45) is 0 Å². The molecule has 1 aromatic heterocycles. The first-order valence-electron chi connectivity index (χ1n) is 5.51. The number of para-hydroxylation sites is 1. The van der Waals surface area contributed by atoms with Gasteiger partial charge in [0.05, 0.1) is 6.61 Å². The van der Waals surface area contributed by atoms with Crippen LogP contribution in [0.4, 0.5) is 0 Å². The number of rotatable bonds is 3. The smallest absolute Gasteiger partial charge is 0.219 e. The van der Waals surface area contributed by atoms with Crippen molar-refractivity contribution < 1.29 is 9.84 Å². The molecule has 3 nitrogen and oxygen atoms in total. The molecule has 1 N–H and O–H groups in total. The molecule has 2 aromatic rings. The molecule has 1 aromatic carbocycles. The molecule has 0 aliphatic rings. The Hall–Kier alpha value is -1.87. The van der Waals surface area contributed by atoms with Crippen LogP contribution in [-0.2, 0) is 6.61 Å². The minimum atomic E-state index is 0.00345. The largest absolute Gasteiger partial charge is 0.439 e. The molecule has 0 unspecified atom stereocenters. The molecule has 0 bridgehead atoms. The summed E-state index contributed by atoms with van der Waals surface area (Å²) in [6.45, 7) is 3.85. The lowest BCUT2D eigenvalue weighted by Gasteiger charge is -2.09. The summed E-state index contributed by atoms with van der Waals surface area (Å²) in [5.41, 5.74) is 2.68. The zero-order valence-electron chi connectivity index (χ0n) is 9.97. The van der Waals surface area contributed by atoms with Gasteiger partial charge in [-0.3, -0.25) is 0 Å². The van der Waals surface area contributed by atoms with E-state index < -0.39 is 0 Å². The van der Waals surface area contributed by atoms with E-state index in [2.05, 4.69) is 4.98 Å². The van der Waals surface area contributed by atoms with Crippen LogP contribution in [-0.4, -0.2) is 10.1 Å². The quantitative estimate of drug-likeness (QED) is 0.879. The topological polar surface area (TPSA) is 42.4 Å². The molecule has 88 valence electrons. The van der Waals surface area contributed by atoms with Gasteiger partial charge in [0.1, 0.15) is 5.75 Å². The Balaban J connectivity index is 2.25. The van der Waals surface area contributed by atoms with Gasteiger partial charge in [-0.15, -0.1) is 0 Å². The summed E-state index contributed by atoms with van der Waals surface area (Å²) < 4.78 is 5.70. The normalized spacial score (nSPS) is 10.3. The van der Waals surface area contributed by atoms with E-state index in [1.165, 1.54) is 0 Å². The van der Waals surface area contributed by atoms with Gasteiger partial charge in [0, 0.05) is 11.8 Å². The van der Waals surface area contributed by atoms with E-state index in [1.54, 1.807) is 6.07 Å². The molecule has 0 saturated carbocycles. The second kappa shape index (κ2) is 4.97. The van der Waals surface area contributed by atoms with Crippen molar-refractivity contribution in [3.05, 3.63) is 53.2 Å². The highest BCUT2D eigenvalue weighted by Gasteiger charge is 2.04. The number of benzene rings is 1. The second-order valence-electron chi connectivity index (χ2n) is 3.92. The number of nitrogens with zero attached hydrogens (tertiary/aromatic N) is 1. The lowest BCUT2D eigenvalue weighted by Crippen LogP contribution is -1.96. The fourth-order valence-corrected chi connectivity index (χ4v) is 1.57. The molecule has 1 heterocycles. The molecule has 3 heteroatoms. The van der Waals surface area contributed by atoms with Crippen molar-refractivity contribution in [2.75, 3.05) is 0 Å². The third kappa shape index (κ3) is 2.63. The first-order chi connectivity index (χ1) is 8.20. The van der Waals surface area contributed by atoms with Crippen LogP contribution in [0.3, 0.4) is 0 Å². The summed E-state index contributed by atoms with van der Waals surface area (Å²) in [6.07, 6.45) is 0. The Bertz CT molecular complexity index is 523. The van der Waals surface area contributed by atoms with Crippen LogP contribution in [0.5, 0.6) is 11.6 Å². The third-order valence-electron chi connectivity index (χ3n) is 2.65. The number of hydrogen-bond acceptors (Lipinski definition) is 3. The molecule has 0 fully saturated rings. The van der Waals surface area contributed by atoms with Crippen molar-refractivity contribution in [3.63, 3.8) is 0 Å². The molecule has 0 atom stereocenters. The number of ether oxygens (including phenoxy) is 1. The van der Waals surface area contributed by atoms with Gasteiger partial charge in [0.2, 0.25) is 5.88 Å². The number of aromatic nitrogens is 1. The average molecular weight is 229 g/mol. The van der Waals surface area contributed by atoms with Crippen molar-refractivity contribution in [1.82, 2.24) is 4.98 Å². The summed E-state index contributed by atoms with van der Waals surface area (Å²) in [5.74, 6) is 1.35. The summed E-state index contributed by atoms with van der Waals surface area (Å²) in [4.78, 5) is 4.30. The summed E-state index contributed by atoms with van der Waals surface area (Å²) in [6, 6.07) is 11.4. The zero-order chi connectivity index (χ0) is 12.3. The lowest BCUT2D eigenvalue weighted by molar-refractivity contribution is 0.280. The van der Waals surface area contributed by atoms with Gasteiger partial charge in [-0.2, -0.15) is 0 Å². The van der Waals surface area contributed by atoms with Crippen LogP contribution in [0.15, 0.2) is 36.4 Å². The Morgan fingerprint density at radius 1 is 1.12 bits per heavy atom. The van der Waals surface area contributed by atoms with Gasteiger partial charge >= 0.3 is 0 Å². The van der Waals surface area contributed by atoms with Crippen molar-refractivity contribution >= 4 is 0 Å². The molecular formula is C14H15NO2. The van der Waals surface area contributed by atoms with Crippen LogP contribution >= 0.6 is 0 Å². The predicted molar refractivity (Wildman–Crippen MR) is 66.1 cm³/mol. The molecule has 0 radical (unpaired) electrons. The van der Waals surface area contributed by atoms with Crippen LogP contribution in [0.25, 0.3) is 0 Å². The van der Waals surface area contributed by atoms with E-state index in [4.69, 9.17) is 9.84 Å². The second-order valence-corrected chi connectivity index (χ2v) is 3.92. The number of aryl methyl sites for hydroxylation is 2. The number of pyridine rings is 1. The number of aliphatic hydroxyl groups is 1. The minimum Gasteiger partial charge on any atom is -0.439 e. The summed E-state index contributed by atoms with van der Waals surface area (Å²) in [5, 5.41) is 9.06. The van der Waals surface area contributed by atoms with Crippen LogP contribution in [0.1, 0.15) is 16.8 Å². The van der Waals surface area contributed by atoms with Gasteiger partial charge in [-0.1, -0.05) is 18.2 Å². The average Bonchev–Trinajstić information content (AvgIpc) is 2.32. The molecule has 0 aliphatic heterocycles. The Kier molecular flexibility index (Phi) is 3.40. The van der Waals surface area contributed by atoms with Crippen LogP contribution < -0.4 is 4.74 Å². The van der Waals surface area contributed by atoms with E-state index in [1.807, 2.05) is 44.2 Å². The lowest BCUT2D eigenvalue weighted by atomic mass is 10.2. The van der Waals surface area contributed by atoms with Gasteiger partial charge in [-0.05, 0) is 37.1 Å². The molecule has 0 saturated heterocycles. The Morgan fingerprint density at radius 2 is 1.88 bits per heavy atom. The fraction of sp³-hybridized carbons (Fsp3) is 0.214. The Labute approximate surface area is 101 Å². The van der Waals surface area contributed by atoms with Crippen LogP contribution in [0.2, 0.25) is 0 Å². The highest BCUT2D eigenvalue weighted by Crippen LogP contribution is 2.23. The monoisotopic (exact) mass is 229 g/mol. The maximum atomic E-state index is 9.06. The van der Waals surface area contributed by atoms with E-state index >= 15 is 0 Å². The number of hydrogen-bond donors (Lipinski definition) is 1. The third-order valence-corrected chi connectivity index (χ3v) is 2.65. The standard InChI is InChI=1S/C14H15NO2/c1-10-5-3-4-6-13(10)17-14-8-7-12(9-16)11(2)15-14/h3-8,16H,9H2,1-2H3. The molecule has 2 rings (SSSR count).